The third kappa shape index (κ3) is 7.32. The van der Waals surface area contributed by atoms with Gasteiger partial charge in [0.15, 0.2) is 18.9 Å². The Bertz CT molecular complexity index is 1610. The molecule has 26 atom stereocenters. The largest absolute Gasteiger partial charge is 0.394 e. The van der Waals surface area contributed by atoms with Gasteiger partial charge in [-0.2, -0.15) is 0 Å². The van der Waals surface area contributed by atoms with E-state index < -0.39 is 104 Å². The summed E-state index contributed by atoms with van der Waals surface area (Å²) in [5.74, 6) is 2.47. The van der Waals surface area contributed by atoms with Crippen LogP contribution in [-0.4, -0.2) is 176 Å². The molecule has 8 fully saturated rings. The molecule has 17 nitrogen and oxygen atoms in total. The summed E-state index contributed by atoms with van der Waals surface area (Å²) in [6.45, 7) is 10.7. The van der Waals surface area contributed by atoms with Crippen LogP contribution < -0.4 is 5.32 Å². The number of fused-ring (bicyclic) bond motifs is 7. The summed E-state index contributed by atoms with van der Waals surface area (Å²) in [5.41, 5.74) is 0.701. The summed E-state index contributed by atoms with van der Waals surface area (Å²) in [7, 11) is 0. The molecule has 0 radical (unpaired) electrons. The summed E-state index contributed by atoms with van der Waals surface area (Å²) < 4.78 is 43.5. The highest BCUT2D eigenvalue weighted by molar-refractivity contribution is 5.27. The Morgan fingerprint density at radius 3 is 2.25 bits per heavy atom. The van der Waals surface area contributed by atoms with Crippen LogP contribution in [0.1, 0.15) is 86.0 Å². The van der Waals surface area contributed by atoms with Crippen molar-refractivity contribution in [3.63, 3.8) is 0 Å². The lowest BCUT2D eigenvalue weighted by molar-refractivity contribution is -0.390. The minimum atomic E-state index is -1.73. The van der Waals surface area contributed by atoms with Crippen molar-refractivity contribution in [2.45, 2.75) is 196 Å². The van der Waals surface area contributed by atoms with E-state index in [9.17, 15) is 46.0 Å². The van der Waals surface area contributed by atoms with Crippen molar-refractivity contribution in [1.29, 1.82) is 0 Å². The fraction of sp³-hybridized carbons (Fsp3) is 0.955. The normalized spacial score (nSPS) is 58.4. The molecule has 3 saturated carbocycles. The minimum absolute atomic E-state index is 0.0570. The van der Waals surface area contributed by atoms with Gasteiger partial charge in [0.25, 0.3) is 0 Å². The molecule has 0 unspecified atom stereocenters. The topological polar surface area (TPSA) is 259 Å². The van der Waals surface area contributed by atoms with Crippen molar-refractivity contribution < 1.29 is 79.1 Å². The van der Waals surface area contributed by atoms with Crippen LogP contribution in [0.4, 0.5) is 0 Å². The first-order valence-electron chi connectivity index (χ1n) is 23.0. The van der Waals surface area contributed by atoms with E-state index in [4.69, 9.17) is 33.2 Å². The SMILES string of the molecule is C[C@H]1CN[C@@]2(O[C@H]3C[C@H]4[C@@H]5CC=C6C[C@@H](O[C@@H]7O[C@H](CO)[C@@H](O)[C@H](O[C@@H]8OC[C@@H](O)[C@H](O)[C@H]8O)[C@H]7O[C@@H]7O[C@@H](C)[C@H](O)[C@@H](O)[C@H]7O)CC[C@]6(C)[C@H]5CC[C@]4(C)[C@H]3[C@@H]2C)[C@@H](O)C1. The molecule has 9 rings (SSSR count). The van der Waals surface area contributed by atoms with Gasteiger partial charge in [-0.05, 0) is 98.7 Å². The highest BCUT2D eigenvalue weighted by Gasteiger charge is 2.70. The van der Waals surface area contributed by atoms with Crippen molar-refractivity contribution >= 4 is 0 Å². The molecule has 0 amide bonds. The molecule has 0 aromatic rings. The summed E-state index contributed by atoms with van der Waals surface area (Å²) in [4.78, 5) is 0. The monoisotopic (exact) mass is 869 g/mol. The van der Waals surface area contributed by atoms with Crippen LogP contribution in [0.2, 0.25) is 0 Å². The highest BCUT2D eigenvalue weighted by Crippen LogP contribution is 2.70. The van der Waals surface area contributed by atoms with Crippen LogP contribution in [0.5, 0.6) is 0 Å². The van der Waals surface area contributed by atoms with Crippen molar-refractivity contribution in [2.24, 2.45) is 46.3 Å². The number of allylic oxidation sites excluding steroid dienone is 1. The van der Waals surface area contributed by atoms with Gasteiger partial charge in [0.05, 0.1) is 37.6 Å². The van der Waals surface area contributed by atoms with Gasteiger partial charge < -0.3 is 79.1 Å². The summed E-state index contributed by atoms with van der Waals surface area (Å²) in [6, 6.07) is 0. The molecule has 5 saturated heterocycles. The predicted molar refractivity (Wildman–Crippen MR) is 212 cm³/mol. The van der Waals surface area contributed by atoms with E-state index in [1.54, 1.807) is 0 Å². The van der Waals surface area contributed by atoms with Crippen LogP contribution in [0, 0.1) is 46.3 Å². The summed E-state index contributed by atoms with van der Waals surface area (Å²) >= 11 is 0. The number of hydrogen-bond acceptors (Lipinski definition) is 17. The molecular weight excluding hydrogens is 798 g/mol. The molecule has 4 aliphatic carbocycles. The van der Waals surface area contributed by atoms with Gasteiger partial charge >= 0.3 is 0 Å². The number of aliphatic hydroxyl groups is 9. The zero-order chi connectivity index (χ0) is 43.5. The first-order valence-corrected chi connectivity index (χ1v) is 23.0. The van der Waals surface area contributed by atoms with E-state index >= 15 is 0 Å². The smallest absolute Gasteiger partial charge is 0.187 e. The predicted octanol–water partition coefficient (Wildman–Crippen LogP) is -0.603. The van der Waals surface area contributed by atoms with Crippen LogP contribution in [0.3, 0.4) is 0 Å². The Kier molecular flexibility index (Phi) is 12.4. The molecule has 17 heteroatoms. The zero-order valence-corrected chi connectivity index (χ0v) is 36.0. The second-order valence-electron chi connectivity index (χ2n) is 20.9. The van der Waals surface area contributed by atoms with Crippen molar-refractivity contribution in [2.75, 3.05) is 19.8 Å². The summed E-state index contributed by atoms with van der Waals surface area (Å²) in [5, 5.41) is 100. The Morgan fingerprint density at radius 1 is 0.770 bits per heavy atom. The van der Waals surface area contributed by atoms with E-state index in [2.05, 4.69) is 39.1 Å². The first kappa shape index (κ1) is 45.2. The fourth-order valence-electron chi connectivity index (χ4n) is 14.1. The van der Waals surface area contributed by atoms with Gasteiger partial charge in [0, 0.05) is 12.5 Å². The molecule has 61 heavy (non-hydrogen) atoms. The zero-order valence-electron chi connectivity index (χ0n) is 36.0. The fourth-order valence-corrected chi connectivity index (χ4v) is 14.1. The maximum Gasteiger partial charge on any atom is 0.187 e. The lowest BCUT2D eigenvalue weighted by Gasteiger charge is -2.59. The van der Waals surface area contributed by atoms with Crippen LogP contribution >= 0.6 is 0 Å². The van der Waals surface area contributed by atoms with E-state index in [0.29, 0.717) is 42.4 Å². The lowest BCUT2D eigenvalue weighted by Crippen LogP contribution is -2.66. The third-order valence-corrected chi connectivity index (χ3v) is 17.5. The number of piperidine rings is 1. The summed E-state index contributed by atoms with van der Waals surface area (Å²) in [6.07, 6.45) is -12.0. The molecule has 5 aliphatic heterocycles. The Hall–Kier alpha value is -0.940. The molecule has 1 spiro atoms. The standard InChI is InChI=1S/C44H71NO16/c1-18-12-29(48)44(45-15-18)19(2)30-27(61-44)14-25-23-7-6-21-13-22(8-10-42(21,4)24(23)9-11-43(25,30)5)57-41-38(60-40-36(54)34(52)31(49)20(3)56-40)37(33(51)28(16-46)58-41)59-39-35(53)32(50)26(47)17-55-39/h6,18-20,22-41,45-54H,7-17H2,1-5H3/t18-,19+,20+,22+,23-,24+,25+,26-,27+,28-,29+,30+,31+,32+,33-,34-,35-,36-,37+,38-,39+,40+,41-,42+,43+,44+/m1/s1. The van der Waals surface area contributed by atoms with Gasteiger partial charge in [-0.3, -0.25) is 5.32 Å². The van der Waals surface area contributed by atoms with E-state index in [1.807, 2.05) is 0 Å². The van der Waals surface area contributed by atoms with Gasteiger partial charge in [0.2, 0.25) is 0 Å². The molecule has 0 bridgehead atoms. The van der Waals surface area contributed by atoms with Crippen molar-refractivity contribution in [1.82, 2.24) is 5.32 Å². The number of nitrogens with one attached hydrogen (secondary N) is 1. The highest BCUT2D eigenvalue weighted by atomic mass is 16.8. The Labute approximate surface area is 357 Å². The third-order valence-electron chi connectivity index (χ3n) is 17.5. The number of ether oxygens (including phenoxy) is 7. The number of hydrogen-bond donors (Lipinski definition) is 10. The van der Waals surface area contributed by atoms with E-state index in [1.165, 1.54) is 12.5 Å². The van der Waals surface area contributed by atoms with Gasteiger partial charge in [0.1, 0.15) is 66.8 Å². The average Bonchev–Trinajstić information content (AvgIpc) is 3.69. The molecule has 5 heterocycles. The van der Waals surface area contributed by atoms with Gasteiger partial charge in [-0.25, -0.2) is 0 Å². The molecule has 348 valence electrons. The molecule has 0 aromatic carbocycles. The number of aliphatic hydroxyl groups excluding tert-OH is 9. The van der Waals surface area contributed by atoms with E-state index in [0.717, 1.165) is 45.1 Å². The van der Waals surface area contributed by atoms with Crippen LogP contribution in [0.15, 0.2) is 11.6 Å². The van der Waals surface area contributed by atoms with Gasteiger partial charge in [-0.1, -0.05) is 39.3 Å². The number of rotatable bonds is 7. The average molecular weight is 870 g/mol. The van der Waals surface area contributed by atoms with Crippen molar-refractivity contribution in [3.8, 4) is 0 Å². The van der Waals surface area contributed by atoms with Gasteiger partial charge in [-0.15, -0.1) is 0 Å². The maximum absolute atomic E-state index is 11.5. The second-order valence-corrected chi connectivity index (χ2v) is 20.9. The quantitative estimate of drug-likeness (QED) is 0.143. The van der Waals surface area contributed by atoms with E-state index in [-0.39, 0.29) is 35.6 Å². The molecule has 9 aliphatic rings. The Morgan fingerprint density at radius 2 is 1.51 bits per heavy atom. The molecular formula is C44H71NO16. The van der Waals surface area contributed by atoms with Crippen LogP contribution in [-0.2, 0) is 33.2 Å². The maximum atomic E-state index is 11.5. The molecule has 0 aromatic heterocycles. The van der Waals surface area contributed by atoms with Crippen LogP contribution in [0.25, 0.3) is 0 Å². The lowest BCUT2D eigenvalue weighted by atomic mass is 9.46. The first-order chi connectivity index (χ1) is 28.9. The minimum Gasteiger partial charge on any atom is -0.394 e. The Balaban J connectivity index is 0.934. The second kappa shape index (κ2) is 16.7. The van der Waals surface area contributed by atoms with Crippen molar-refractivity contribution in [3.05, 3.63) is 11.6 Å². The molecule has 10 N–H and O–H groups in total.